The number of aliphatic hydroxyl groups is 5. The third kappa shape index (κ3) is 14.1. The minimum Gasteiger partial charge on any atom is -0.508 e. The monoisotopic (exact) mass is 1320 g/mol. The van der Waals surface area contributed by atoms with E-state index in [0.717, 1.165) is 66.7 Å². The van der Waals surface area contributed by atoms with Gasteiger partial charge in [-0.15, -0.1) is 0 Å². The zero-order valence-electron chi connectivity index (χ0n) is 48.0. The van der Waals surface area contributed by atoms with Crippen LogP contribution in [-0.4, -0.2) is 161 Å². The number of aliphatic carboxylic acids is 1. The van der Waals surface area contributed by atoms with E-state index in [-0.39, 0.29) is 51.3 Å². The van der Waals surface area contributed by atoms with Crippen LogP contribution in [0.3, 0.4) is 0 Å². The molecule has 29 nitrogen and oxygen atoms in total. The van der Waals surface area contributed by atoms with Crippen LogP contribution in [0.4, 0.5) is 0 Å². The molecule has 11 rings (SSSR count). The Morgan fingerprint density at radius 3 is 1.85 bits per heavy atom. The molecule has 1 saturated heterocycles. The van der Waals surface area contributed by atoms with E-state index in [1.807, 2.05) is 13.8 Å². The number of nitrogens with two attached hydrogens (primary N) is 1. The normalized spacial score (nSPS) is 26.2. The SMILES string of the molecule is CN[C@H](CC(C)C)C(=O)N[C@H]1C(=O)N[C@@H](CC(N)=O)C(=O)N[C@H]2C(=O)N[C@H]3C(=O)N[C@H](C(=O)N[C@H](C(=O)O)c4cc(O)cc(O)c4-c4cc3ccc4O)[C@H](O)c3ccc(c(Cl)c3)Oc3cc2cc(c3O[C@@H]2O[C@H](CS)[C@@H](O)[C@H](O)[C@H]2O)Oc2ccc(cc2Cl)[C@H]1O. The second-order valence-corrected chi connectivity index (χ2v) is 23.4. The Kier molecular flexibility index (Phi) is 20.1. The van der Waals surface area contributed by atoms with Gasteiger partial charge in [-0.2, -0.15) is 12.6 Å². The number of hydrogen-bond acceptors (Lipinski definition) is 22. The summed E-state index contributed by atoms with van der Waals surface area (Å²) in [5.41, 5.74) is 3.01. The van der Waals surface area contributed by atoms with E-state index >= 15 is 14.4 Å². The van der Waals surface area contributed by atoms with Gasteiger partial charge in [0, 0.05) is 28.5 Å². The lowest BCUT2D eigenvalue weighted by atomic mass is 9.89. The Labute approximate surface area is 531 Å². The van der Waals surface area contributed by atoms with Crippen LogP contribution >= 0.6 is 35.8 Å². The minimum atomic E-state index is -2.29. The van der Waals surface area contributed by atoms with Crippen molar-refractivity contribution in [1.29, 1.82) is 0 Å². The van der Waals surface area contributed by atoms with E-state index < -0.39 is 201 Å². The fourth-order valence-corrected chi connectivity index (χ4v) is 11.5. The number of carbonyl (C=O) groups excluding carboxylic acids is 7. The van der Waals surface area contributed by atoms with Gasteiger partial charge in [0.15, 0.2) is 17.5 Å². The van der Waals surface area contributed by atoms with E-state index in [0.29, 0.717) is 0 Å². The van der Waals surface area contributed by atoms with Crippen LogP contribution in [0.1, 0.15) is 84.8 Å². The Balaban J connectivity index is 1.32. The number of carbonyl (C=O) groups is 8. The van der Waals surface area contributed by atoms with Gasteiger partial charge in [-0.25, -0.2) is 4.79 Å². The number of rotatable bonds is 11. The van der Waals surface area contributed by atoms with Gasteiger partial charge in [0.1, 0.15) is 89.5 Å². The predicted molar refractivity (Wildman–Crippen MR) is 320 cm³/mol. The summed E-state index contributed by atoms with van der Waals surface area (Å²) in [5, 5.41) is 118. The Morgan fingerprint density at radius 1 is 0.670 bits per heavy atom. The number of ether oxygens (including phenoxy) is 4. The maximum absolute atomic E-state index is 15.8. The van der Waals surface area contributed by atoms with Crippen molar-refractivity contribution in [1.82, 2.24) is 37.2 Å². The summed E-state index contributed by atoms with van der Waals surface area (Å²) in [6, 6.07) is -0.283. The van der Waals surface area contributed by atoms with Crippen LogP contribution in [0.2, 0.25) is 10.0 Å². The van der Waals surface area contributed by atoms with Gasteiger partial charge in [-0.1, -0.05) is 55.2 Å². The van der Waals surface area contributed by atoms with E-state index in [1.54, 1.807) is 0 Å². The average molecular weight is 1320 g/mol. The second kappa shape index (κ2) is 27.4. The number of likely N-dealkylation sites (N-methyl/N-ethyl adjacent to an activating group) is 1. The van der Waals surface area contributed by atoms with E-state index in [9.17, 15) is 69.9 Å². The lowest BCUT2D eigenvalue weighted by Gasteiger charge is -2.40. The molecule has 0 radical (unpaired) electrons. The van der Waals surface area contributed by atoms with Gasteiger partial charge >= 0.3 is 5.97 Å². The second-order valence-electron chi connectivity index (χ2n) is 22.2. The number of phenolic OH excluding ortho intramolecular Hbond substituents is 3. The number of carboxylic acid groups (broad SMARTS) is 1. The first-order chi connectivity index (χ1) is 43.1. The van der Waals surface area contributed by atoms with Crippen LogP contribution in [0.25, 0.3) is 11.1 Å². The molecular weight excluding hydrogens is 1260 g/mol. The molecule has 0 aromatic heterocycles. The molecule has 0 unspecified atom stereocenters. The zero-order valence-corrected chi connectivity index (χ0v) is 50.4. The number of fused-ring (bicyclic) bond motifs is 15. The first kappa shape index (κ1) is 66.7. The standard InChI is InChI=1S/C59H62Cl2N8O21S/c1-20(2)10-30(63-3)52(79)68-44-46(74)22-5-8-34(28(60)12-22)87-36-14-24-15-37(51(36)90-59-50(78)49(77)48(76)38(19-91)89-59)88-35-9-6-23(13-29(35)61)47(75)45-57(84)67-43(58(85)86)27-16-25(70)17-33(72)40(27)26-11-21(4-7-32(26)71)41(54(81)69-45)66-55(82)42(24)65-53(80)31(18-39(62)73)64-56(44)83/h4-9,11-17,20,30-31,38,41-50,59,63,70-72,74-78,91H,10,18-19H2,1-3H3,(H2,62,73)(H,64,83)(H,65,80)(H,66,82)(H,67,84)(H,68,79)(H,69,81)(H,85,86)/t30-,31+,38-,41-,42-,43+,44-,45+,46-,47-,48-,49+,50-,59+/m1/s1. The van der Waals surface area contributed by atoms with Crippen molar-refractivity contribution in [3.05, 3.63) is 117 Å². The number of amides is 7. The molecular formula is C59H62Cl2N8O21S. The molecule has 11 bridgehead atoms. The lowest BCUT2D eigenvalue weighted by Crippen LogP contribution is -2.59. The lowest BCUT2D eigenvalue weighted by molar-refractivity contribution is -0.267. The Hall–Kier alpha value is -8.69. The van der Waals surface area contributed by atoms with Crippen molar-refractivity contribution >= 4 is 83.2 Å². The molecule has 484 valence electrons. The Morgan fingerprint density at radius 2 is 1.26 bits per heavy atom. The summed E-state index contributed by atoms with van der Waals surface area (Å²) in [7, 11) is 1.48. The topological polar surface area (TPSA) is 466 Å². The van der Waals surface area contributed by atoms with Gasteiger partial charge in [0.05, 0.1) is 28.6 Å². The van der Waals surface area contributed by atoms with Crippen LogP contribution in [0.15, 0.2) is 78.9 Å². The van der Waals surface area contributed by atoms with Crippen LogP contribution in [0, 0.1) is 5.92 Å². The van der Waals surface area contributed by atoms with Crippen molar-refractivity contribution in [2.45, 2.75) is 112 Å². The highest BCUT2D eigenvalue weighted by Gasteiger charge is 2.47. The fourth-order valence-electron chi connectivity index (χ4n) is 10.7. The van der Waals surface area contributed by atoms with Crippen molar-refractivity contribution < 1.29 is 103 Å². The molecule has 5 aromatic carbocycles. The molecule has 6 aliphatic heterocycles. The molecule has 6 aliphatic rings. The molecule has 1 fully saturated rings. The summed E-state index contributed by atoms with van der Waals surface area (Å²) in [5.74, 6) is -15.8. The maximum atomic E-state index is 15.8. The number of thiol groups is 1. The third-order valence-corrected chi connectivity index (χ3v) is 16.3. The van der Waals surface area contributed by atoms with Gasteiger partial charge in [-0.05, 0) is 96.2 Å². The number of phenols is 3. The first-order valence-corrected chi connectivity index (χ1v) is 29.3. The highest BCUT2D eigenvalue weighted by molar-refractivity contribution is 7.80. The predicted octanol–water partition coefficient (Wildman–Crippen LogP) is 0.806. The summed E-state index contributed by atoms with van der Waals surface area (Å²) in [6.45, 7) is 3.65. The van der Waals surface area contributed by atoms with Crippen molar-refractivity contribution in [2.24, 2.45) is 11.7 Å². The van der Waals surface area contributed by atoms with Crippen LogP contribution in [-0.2, 0) is 43.1 Å². The van der Waals surface area contributed by atoms with E-state index in [2.05, 4.69) is 49.8 Å². The number of hydrogen-bond donors (Lipinski definition) is 18. The van der Waals surface area contributed by atoms with Crippen molar-refractivity contribution in [3.63, 3.8) is 0 Å². The molecule has 91 heavy (non-hydrogen) atoms. The number of primary amides is 1. The largest absolute Gasteiger partial charge is 0.508 e. The van der Waals surface area contributed by atoms with Gasteiger partial charge < -0.3 is 108 Å². The molecule has 5 aromatic rings. The maximum Gasteiger partial charge on any atom is 0.330 e. The molecule has 32 heteroatoms. The smallest absolute Gasteiger partial charge is 0.330 e. The van der Waals surface area contributed by atoms with Gasteiger partial charge in [0.2, 0.25) is 53.4 Å². The number of carboxylic acids is 1. The average Bonchev–Trinajstić information content (AvgIpc) is 0.790. The van der Waals surface area contributed by atoms with Crippen molar-refractivity contribution in [2.75, 3.05) is 12.8 Å². The van der Waals surface area contributed by atoms with Gasteiger partial charge in [-0.3, -0.25) is 33.6 Å². The summed E-state index contributed by atoms with van der Waals surface area (Å²) < 4.78 is 25.1. The molecule has 7 amide bonds. The van der Waals surface area contributed by atoms with E-state index in [4.69, 9.17) is 47.9 Å². The summed E-state index contributed by atoms with van der Waals surface area (Å²) in [4.78, 5) is 116. The highest BCUT2D eigenvalue weighted by atomic mass is 35.5. The highest BCUT2D eigenvalue weighted by Crippen LogP contribution is 2.49. The number of aromatic hydroxyl groups is 3. The number of benzene rings is 5. The minimum absolute atomic E-state index is 0.0756. The molecule has 14 atom stereocenters. The third-order valence-electron chi connectivity index (χ3n) is 15.4. The molecule has 0 spiro atoms. The summed E-state index contributed by atoms with van der Waals surface area (Å²) >= 11 is 18.1. The number of halogens is 2. The van der Waals surface area contributed by atoms with E-state index in [1.165, 1.54) is 19.2 Å². The summed E-state index contributed by atoms with van der Waals surface area (Å²) in [6.07, 6.45) is -14.0. The van der Waals surface area contributed by atoms with Crippen LogP contribution in [0.5, 0.6) is 46.0 Å². The molecule has 18 N–H and O–H groups in total. The quantitative estimate of drug-likeness (QED) is 0.0814. The Bertz CT molecular complexity index is 3730. The van der Waals surface area contributed by atoms with Crippen LogP contribution < -0.4 is 57.2 Å². The first-order valence-electron chi connectivity index (χ1n) is 27.9. The molecule has 0 aliphatic carbocycles. The molecule has 0 saturated carbocycles. The van der Waals surface area contributed by atoms with Crippen molar-refractivity contribution in [3.8, 4) is 57.1 Å². The number of aliphatic hydroxyl groups excluding tert-OH is 5. The van der Waals surface area contributed by atoms with Gasteiger partial charge in [0.25, 0.3) is 0 Å². The molecule has 6 heterocycles. The fraction of sp³-hybridized carbons (Fsp3) is 0.356. The zero-order chi connectivity index (χ0) is 66.2. The number of nitrogens with one attached hydrogen (secondary N) is 7.